The lowest BCUT2D eigenvalue weighted by Crippen LogP contribution is -2.57. The van der Waals surface area contributed by atoms with Crippen molar-refractivity contribution in [3.63, 3.8) is 0 Å². The third kappa shape index (κ3) is 2.45. The Morgan fingerprint density at radius 3 is 2.86 bits per heavy atom. The third-order valence-corrected chi connectivity index (χ3v) is 4.37. The molecule has 6 heteroatoms. The number of rotatable bonds is 3. The number of fused-ring (bicyclic) bond motifs is 2. The molecular weight excluding hydrogens is 284 g/mol. The Labute approximate surface area is 128 Å². The average molecular weight is 302 g/mol. The van der Waals surface area contributed by atoms with Crippen molar-refractivity contribution in [3.05, 3.63) is 35.4 Å². The van der Waals surface area contributed by atoms with Gasteiger partial charge in [0.25, 0.3) is 0 Å². The Bertz CT molecular complexity index is 628. The number of benzene rings is 1. The van der Waals surface area contributed by atoms with E-state index in [2.05, 4.69) is 5.32 Å². The number of carbonyl (C=O) groups is 3. The number of ether oxygens (including phenoxy) is 1. The minimum Gasteiger partial charge on any atom is -0.465 e. The number of esters is 1. The van der Waals surface area contributed by atoms with Gasteiger partial charge in [-0.05, 0) is 24.5 Å². The highest BCUT2D eigenvalue weighted by Gasteiger charge is 2.44. The Morgan fingerprint density at radius 1 is 1.32 bits per heavy atom. The van der Waals surface area contributed by atoms with Crippen LogP contribution in [0.25, 0.3) is 0 Å². The second-order valence-corrected chi connectivity index (χ2v) is 5.62. The molecule has 2 bridgehead atoms. The summed E-state index contributed by atoms with van der Waals surface area (Å²) in [6.07, 6.45) is 1.65. The van der Waals surface area contributed by atoms with Crippen LogP contribution in [-0.4, -0.2) is 48.4 Å². The quantitative estimate of drug-likeness (QED) is 0.825. The molecule has 2 fully saturated rings. The second-order valence-electron chi connectivity index (χ2n) is 5.62. The molecule has 0 saturated carbocycles. The van der Waals surface area contributed by atoms with Crippen LogP contribution in [0.1, 0.15) is 28.8 Å². The number of hydrogen-bond donors (Lipinski definition) is 1. The van der Waals surface area contributed by atoms with Crippen molar-refractivity contribution in [2.75, 3.05) is 13.7 Å². The van der Waals surface area contributed by atoms with Crippen LogP contribution in [0.2, 0.25) is 0 Å². The van der Waals surface area contributed by atoms with Crippen LogP contribution in [0.5, 0.6) is 0 Å². The van der Waals surface area contributed by atoms with Gasteiger partial charge in [0, 0.05) is 12.6 Å². The number of piperazine rings is 1. The Balaban J connectivity index is 1.81. The summed E-state index contributed by atoms with van der Waals surface area (Å²) in [6, 6.07) is 6.62. The fraction of sp³-hybridized carbons (Fsp3) is 0.438. The van der Waals surface area contributed by atoms with Crippen molar-refractivity contribution in [2.24, 2.45) is 0 Å². The van der Waals surface area contributed by atoms with Gasteiger partial charge < -0.3 is 15.0 Å². The first-order valence-electron chi connectivity index (χ1n) is 7.37. The summed E-state index contributed by atoms with van der Waals surface area (Å²) in [7, 11) is 1.32. The standard InChI is InChI=1S/C16H18N2O4/c1-22-16(21)12-5-3-2-4-10(12)8-14(19)18-11-6-7-13(18)15(20)17-9-11/h2-5,11,13H,6-9H2,1H3,(H,17,20). The SMILES string of the molecule is COC(=O)c1ccccc1CC(=O)N1C2CCC1C(=O)NC2. The molecule has 0 aromatic heterocycles. The van der Waals surface area contributed by atoms with E-state index < -0.39 is 5.97 Å². The van der Waals surface area contributed by atoms with E-state index in [0.29, 0.717) is 24.1 Å². The lowest BCUT2D eigenvalue weighted by molar-refractivity contribution is -0.142. The molecule has 2 atom stereocenters. The summed E-state index contributed by atoms with van der Waals surface area (Å²) in [4.78, 5) is 38.0. The maximum Gasteiger partial charge on any atom is 0.338 e. The smallest absolute Gasteiger partial charge is 0.338 e. The number of methoxy groups -OCH3 is 1. The van der Waals surface area contributed by atoms with Crippen LogP contribution in [0, 0.1) is 0 Å². The van der Waals surface area contributed by atoms with Gasteiger partial charge in [-0.3, -0.25) is 9.59 Å². The van der Waals surface area contributed by atoms with Crippen molar-refractivity contribution in [1.29, 1.82) is 0 Å². The minimum atomic E-state index is -0.456. The van der Waals surface area contributed by atoms with E-state index >= 15 is 0 Å². The van der Waals surface area contributed by atoms with Gasteiger partial charge in [-0.25, -0.2) is 4.79 Å². The molecular formula is C16H18N2O4. The summed E-state index contributed by atoms with van der Waals surface area (Å²) in [5, 5.41) is 2.82. The number of hydrogen-bond acceptors (Lipinski definition) is 4. The summed E-state index contributed by atoms with van der Waals surface area (Å²) in [5.41, 5.74) is 1.02. The Morgan fingerprint density at radius 2 is 2.09 bits per heavy atom. The van der Waals surface area contributed by atoms with Gasteiger partial charge in [0.1, 0.15) is 6.04 Å². The molecule has 0 aliphatic carbocycles. The predicted octanol–water partition coefficient (Wildman–Crippen LogP) is 0.505. The molecule has 2 amide bonds. The van der Waals surface area contributed by atoms with Gasteiger partial charge in [-0.2, -0.15) is 0 Å². The van der Waals surface area contributed by atoms with Crippen LogP contribution in [0.15, 0.2) is 24.3 Å². The molecule has 1 aromatic carbocycles. The van der Waals surface area contributed by atoms with Gasteiger partial charge in [0.05, 0.1) is 19.1 Å². The fourth-order valence-electron chi connectivity index (χ4n) is 3.29. The lowest BCUT2D eigenvalue weighted by Gasteiger charge is -2.34. The number of nitrogens with one attached hydrogen (secondary N) is 1. The molecule has 2 aliphatic heterocycles. The van der Waals surface area contributed by atoms with Crippen molar-refractivity contribution >= 4 is 17.8 Å². The van der Waals surface area contributed by atoms with Crippen LogP contribution in [0.4, 0.5) is 0 Å². The van der Waals surface area contributed by atoms with Gasteiger partial charge in [-0.15, -0.1) is 0 Å². The zero-order chi connectivity index (χ0) is 15.7. The molecule has 0 spiro atoms. The average Bonchev–Trinajstić information content (AvgIpc) is 2.87. The van der Waals surface area contributed by atoms with E-state index in [4.69, 9.17) is 4.74 Å². The van der Waals surface area contributed by atoms with Crippen LogP contribution < -0.4 is 5.32 Å². The maximum atomic E-state index is 12.6. The van der Waals surface area contributed by atoms with E-state index in [1.54, 1.807) is 29.2 Å². The van der Waals surface area contributed by atoms with Gasteiger partial charge in [0.2, 0.25) is 11.8 Å². The molecule has 22 heavy (non-hydrogen) atoms. The molecule has 116 valence electrons. The van der Waals surface area contributed by atoms with Crippen molar-refractivity contribution in [3.8, 4) is 0 Å². The van der Waals surface area contributed by atoms with E-state index in [-0.39, 0.29) is 30.3 Å². The van der Waals surface area contributed by atoms with Gasteiger partial charge >= 0.3 is 5.97 Å². The molecule has 2 aliphatic rings. The zero-order valence-electron chi connectivity index (χ0n) is 12.4. The van der Waals surface area contributed by atoms with Crippen molar-refractivity contribution < 1.29 is 19.1 Å². The van der Waals surface area contributed by atoms with E-state index in [0.717, 1.165) is 6.42 Å². The second kappa shape index (κ2) is 5.79. The highest BCUT2D eigenvalue weighted by molar-refractivity contribution is 5.94. The molecule has 2 saturated heterocycles. The largest absolute Gasteiger partial charge is 0.465 e. The molecule has 0 radical (unpaired) electrons. The predicted molar refractivity (Wildman–Crippen MR) is 78.2 cm³/mol. The first-order valence-corrected chi connectivity index (χ1v) is 7.37. The number of amides is 2. The summed E-state index contributed by atoms with van der Waals surface area (Å²) < 4.78 is 4.75. The van der Waals surface area contributed by atoms with E-state index in [9.17, 15) is 14.4 Å². The molecule has 3 rings (SSSR count). The zero-order valence-corrected chi connectivity index (χ0v) is 12.4. The lowest BCUT2D eigenvalue weighted by atomic mass is 10.0. The Hall–Kier alpha value is -2.37. The van der Waals surface area contributed by atoms with Crippen LogP contribution in [-0.2, 0) is 20.7 Å². The summed E-state index contributed by atoms with van der Waals surface area (Å²) in [5.74, 6) is -0.648. The van der Waals surface area contributed by atoms with Crippen molar-refractivity contribution in [2.45, 2.75) is 31.3 Å². The number of nitrogens with zero attached hydrogens (tertiary/aromatic N) is 1. The van der Waals surface area contributed by atoms with E-state index in [1.807, 2.05) is 0 Å². The van der Waals surface area contributed by atoms with Gasteiger partial charge in [0.15, 0.2) is 0 Å². The highest BCUT2D eigenvalue weighted by atomic mass is 16.5. The Kier molecular flexibility index (Phi) is 3.83. The minimum absolute atomic E-state index is 0.0699. The molecule has 1 aromatic rings. The highest BCUT2D eigenvalue weighted by Crippen LogP contribution is 2.28. The maximum absolute atomic E-state index is 12.6. The van der Waals surface area contributed by atoms with Gasteiger partial charge in [-0.1, -0.05) is 18.2 Å². The van der Waals surface area contributed by atoms with Crippen LogP contribution in [0.3, 0.4) is 0 Å². The van der Waals surface area contributed by atoms with E-state index in [1.165, 1.54) is 7.11 Å². The third-order valence-electron chi connectivity index (χ3n) is 4.37. The normalized spacial score (nSPS) is 23.1. The molecule has 2 unspecified atom stereocenters. The summed E-state index contributed by atoms with van der Waals surface area (Å²) >= 11 is 0. The molecule has 2 heterocycles. The topological polar surface area (TPSA) is 75.7 Å². The summed E-state index contributed by atoms with van der Waals surface area (Å²) in [6.45, 7) is 0.514. The molecule has 6 nitrogen and oxygen atoms in total. The first kappa shape index (κ1) is 14.6. The fourth-order valence-corrected chi connectivity index (χ4v) is 3.29. The first-order chi connectivity index (χ1) is 10.6. The monoisotopic (exact) mass is 302 g/mol. The van der Waals surface area contributed by atoms with Crippen LogP contribution >= 0.6 is 0 Å². The van der Waals surface area contributed by atoms with Crippen molar-refractivity contribution in [1.82, 2.24) is 10.2 Å². The number of carbonyl (C=O) groups excluding carboxylic acids is 3. The molecule has 1 N–H and O–H groups in total.